The van der Waals surface area contributed by atoms with Crippen LogP contribution in [-0.4, -0.2) is 33.8 Å². The first-order chi connectivity index (χ1) is 15.7. The van der Waals surface area contributed by atoms with Gasteiger partial charge < -0.3 is 9.76 Å². The Morgan fingerprint density at radius 1 is 0.667 bits per heavy atom. The Morgan fingerprint density at radius 2 is 1.15 bits per heavy atom. The highest BCUT2D eigenvalue weighted by molar-refractivity contribution is 6.47. The number of rotatable bonds is 7. The molecule has 0 aliphatic rings. The molecule has 0 aliphatic carbocycles. The molecule has 0 saturated carbocycles. The highest BCUT2D eigenvalue weighted by atomic mass is 16.5. The Labute approximate surface area is 196 Å². The van der Waals surface area contributed by atoms with Gasteiger partial charge in [-0.2, -0.15) is 0 Å². The van der Waals surface area contributed by atoms with E-state index in [9.17, 15) is 5.11 Å². The molecule has 0 unspecified atom stereocenters. The lowest BCUT2D eigenvalue weighted by Gasteiger charge is -2.37. The van der Waals surface area contributed by atoms with Gasteiger partial charge in [-0.3, -0.25) is 0 Å². The molecule has 4 nitrogen and oxygen atoms in total. The summed E-state index contributed by atoms with van der Waals surface area (Å²) < 4.78 is 6.00. The van der Waals surface area contributed by atoms with Crippen molar-refractivity contribution >= 4 is 12.9 Å². The second-order valence-electron chi connectivity index (χ2n) is 9.25. The highest BCUT2D eigenvalue weighted by Gasteiger charge is 2.35. The minimum atomic E-state index is -0.938. The van der Waals surface area contributed by atoms with Gasteiger partial charge in [-0.1, -0.05) is 90.4 Å². The summed E-state index contributed by atoms with van der Waals surface area (Å²) in [7, 11) is 0.414. The van der Waals surface area contributed by atoms with Crippen LogP contribution in [0.3, 0.4) is 0 Å². The van der Waals surface area contributed by atoms with E-state index in [1.165, 1.54) is 0 Å². The topological polar surface area (TPSA) is 55.2 Å². The molecule has 1 aromatic heterocycles. The van der Waals surface area contributed by atoms with Gasteiger partial charge in [-0.25, -0.2) is 9.97 Å². The van der Waals surface area contributed by atoms with Crippen molar-refractivity contribution in [2.75, 3.05) is 0 Å². The number of hydrogen-bond donors (Lipinski definition) is 1. The second kappa shape index (κ2) is 9.30. The van der Waals surface area contributed by atoms with E-state index in [-0.39, 0.29) is 0 Å². The Bertz CT molecular complexity index is 1140. The Kier molecular flexibility index (Phi) is 6.45. The lowest BCUT2D eigenvalue weighted by Crippen LogP contribution is -2.49. The van der Waals surface area contributed by atoms with Crippen molar-refractivity contribution < 1.29 is 9.76 Å². The van der Waals surface area contributed by atoms with Crippen molar-refractivity contribution in [1.29, 1.82) is 0 Å². The summed E-state index contributed by atoms with van der Waals surface area (Å²) in [6.45, 7) is 7.32. The predicted octanol–water partition coefficient (Wildman–Crippen LogP) is 5.02. The maximum Gasteiger partial charge on any atom is 0.309 e. The van der Waals surface area contributed by atoms with E-state index < -0.39 is 11.2 Å². The quantitative estimate of drug-likeness (QED) is 0.414. The molecule has 0 aliphatic heterocycles. The molecule has 1 N–H and O–H groups in total. The Morgan fingerprint density at radius 3 is 1.61 bits per heavy atom. The first-order valence-corrected chi connectivity index (χ1v) is 11.2. The van der Waals surface area contributed by atoms with Crippen molar-refractivity contribution in [3.63, 3.8) is 0 Å². The van der Waals surface area contributed by atoms with E-state index in [0.717, 1.165) is 33.5 Å². The molecule has 5 heteroatoms. The van der Waals surface area contributed by atoms with Crippen molar-refractivity contribution in [3.8, 4) is 33.9 Å². The Balaban J connectivity index is 1.65. The lowest BCUT2D eigenvalue weighted by atomic mass is 9.82. The maximum atomic E-state index is 10.3. The fourth-order valence-electron chi connectivity index (χ4n) is 3.28. The second-order valence-corrected chi connectivity index (χ2v) is 9.25. The number of aromatic nitrogens is 2. The average Bonchev–Trinajstić information content (AvgIpc) is 2.83. The minimum Gasteiger partial charge on any atom is -0.427 e. The van der Waals surface area contributed by atoms with Crippen LogP contribution in [-0.2, 0) is 4.65 Å². The van der Waals surface area contributed by atoms with Gasteiger partial charge in [0, 0.05) is 16.7 Å². The molecule has 3 aromatic carbocycles. The van der Waals surface area contributed by atoms with Gasteiger partial charge >= 0.3 is 7.48 Å². The van der Waals surface area contributed by atoms with Crippen molar-refractivity contribution in [1.82, 2.24) is 9.97 Å². The van der Waals surface area contributed by atoms with Gasteiger partial charge in [0.05, 0.1) is 22.6 Å². The molecule has 166 valence electrons. The zero-order chi connectivity index (χ0) is 23.5. The SMILES string of the molecule is CC(C)(O)C(C)(C)OBc1ccc(-c2nc(-c3ccccc3)cc(-c3ccccc3)n2)cc1. The zero-order valence-electron chi connectivity index (χ0n) is 19.6. The molecule has 4 aromatic rings. The van der Waals surface area contributed by atoms with Crippen LogP contribution in [0, 0.1) is 0 Å². The lowest BCUT2D eigenvalue weighted by molar-refractivity contribution is -0.0893. The molecule has 0 fully saturated rings. The molecular weight excluding hydrogens is 407 g/mol. The zero-order valence-corrected chi connectivity index (χ0v) is 19.6. The predicted molar refractivity (Wildman–Crippen MR) is 137 cm³/mol. The maximum absolute atomic E-state index is 10.3. The molecule has 4 rings (SSSR count). The molecule has 0 saturated heterocycles. The van der Waals surface area contributed by atoms with E-state index in [1.54, 1.807) is 13.8 Å². The van der Waals surface area contributed by atoms with E-state index in [2.05, 4.69) is 24.3 Å². The largest absolute Gasteiger partial charge is 0.427 e. The summed E-state index contributed by atoms with van der Waals surface area (Å²) in [6, 6.07) is 30.5. The summed E-state index contributed by atoms with van der Waals surface area (Å²) in [6.07, 6.45) is 0. The summed E-state index contributed by atoms with van der Waals surface area (Å²) in [5.74, 6) is 0.680. The van der Waals surface area contributed by atoms with Crippen LogP contribution in [0.25, 0.3) is 33.9 Å². The van der Waals surface area contributed by atoms with Gasteiger partial charge in [0.25, 0.3) is 0 Å². The third-order valence-corrected chi connectivity index (χ3v) is 6.15. The number of hydrogen-bond acceptors (Lipinski definition) is 4. The first-order valence-electron chi connectivity index (χ1n) is 11.2. The monoisotopic (exact) mass is 436 g/mol. The van der Waals surface area contributed by atoms with Crippen LogP contribution in [0.15, 0.2) is 91.0 Å². The van der Waals surface area contributed by atoms with Crippen molar-refractivity contribution in [3.05, 3.63) is 91.0 Å². The third kappa shape index (κ3) is 5.38. The number of nitrogens with zero attached hydrogens (tertiary/aromatic N) is 2. The summed E-state index contributed by atoms with van der Waals surface area (Å²) in [5, 5.41) is 10.3. The normalized spacial score (nSPS) is 11.9. The molecule has 0 atom stereocenters. The third-order valence-electron chi connectivity index (χ3n) is 6.15. The van der Waals surface area contributed by atoms with Crippen molar-refractivity contribution in [2.24, 2.45) is 0 Å². The van der Waals surface area contributed by atoms with Gasteiger partial charge in [0.15, 0.2) is 5.82 Å². The standard InChI is InChI=1S/C28H29BN2O2/c1-27(2,32)28(3,4)33-29-23-17-15-22(16-18-23)26-30-24(20-11-7-5-8-12-20)19-25(31-26)21-13-9-6-10-14-21/h5-19,29,32H,1-4H3. The fourth-order valence-corrected chi connectivity index (χ4v) is 3.28. The van der Waals surface area contributed by atoms with E-state index in [1.807, 2.05) is 80.6 Å². The summed E-state index contributed by atoms with van der Waals surface area (Å²) in [4.78, 5) is 9.74. The molecule has 0 amide bonds. The van der Waals surface area contributed by atoms with Gasteiger partial charge in [-0.15, -0.1) is 0 Å². The van der Waals surface area contributed by atoms with Crippen LogP contribution in [0.5, 0.6) is 0 Å². The number of benzene rings is 3. The van der Waals surface area contributed by atoms with Crippen LogP contribution in [0.4, 0.5) is 0 Å². The summed E-state index contributed by atoms with van der Waals surface area (Å²) >= 11 is 0. The smallest absolute Gasteiger partial charge is 0.309 e. The van der Waals surface area contributed by atoms with Gasteiger partial charge in [0.2, 0.25) is 0 Å². The van der Waals surface area contributed by atoms with Gasteiger partial charge in [0.1, 0.15) is 0 Å². The van der Waals surface area contributed by atoms with E-state index in [4.69, 9.17) is 14.6 Å². The van der Waals surface area contributed by atoms with Crippen LogP contribution >= 0.6 is 0 Å². The van der Waals surface area contributed by atoms with Crippen LogP contribution in [0.2, 0.25) is 0 Å². The summed E-state index contributed by atoms with van der Waals surface area (Å²) in [5.41, 5.74) is 4.25. The minimum absolute atomic E-state index is 0.414. The molecule has 33 heavy (non-hydrogen) atoms. The van der Waals surface area contributed by atoms with Crippen molar-refractivity contribution in [2.45, 2.75) is 38.9 Å². The molecule has 0 spiro atoms. The molecule has 0 radical (unpaired) electrons. The molecule has 1 heterocycles. The average molecular weight is 436 g/mol. The van der Waals surface area contributed by atoms with Gasteiger partial charge in [-0.05, 0) is 33.8 Å². The Hall–Kier alpha value is -3.28. The fraction of sp³-hybridized carbons (Fsp3) is 0.214. The molecular formula is C28H29BN2O2. The first kappa shape index (κ1) is 22.9. The van der Waals surface area contributed by atoms with Crippen LogP contribution in [0.1, 0.15) is 27.7 Å². The van der Waals surface area contributed by atoms with E-state index in [0.29, 0.717) is 13.3 Å². The molecule has 0 bridgehead atoms. The van der Waals surface area contributed by atoms with E-state index >= 15 is 0 Å². The number of aliphatic hydroxyl groups is 1. The van der Waals surface area contributed by atoms with Crippen LogP contribution < -0.4 is 5.46 Å². The highest BCUT2D eigenvalue weighted by Crippen LogP contribution is 2.27.